The molecule has 0 aliphatic heterocycles. The van der Waals surface area contributed by atoms with Gasteiger partial charge in [-0.25, -0.2) is 0 Å². The van der Waals surface area contributed by atoms with Crippen LogP contribution in [0.4, 0.5) is 5.69 Å². The first-order valence-corrected chi connectivity index (χ1v) is 5.87. The fourth-order valence-electron chi connectivity index (χ4n) is 1.79. The van der Waals surface area contributed by atoms with Crippen molar-refractivity contribution in [3.63, 3.8) is 0 Å². The minimum atomic E-state index is -0.130. The van der Waals surface area contributed by atoms with Gasteiger partial charge in [0.15, 0.2) is 0 Å². The third-order valence-electron chi connectivity index (χ3n) is 3.01. The van der Waals surface area contributed by atoms with Gasteiger partial charge in [-0.2, -0.15) is 0 Å². The molecule has 19 heavy (non-hydrogen) atoms. The highest BCUT2D eigenvalue weighted by Gasteiger charge is 2.08. The minimum Gasteiger partial charge on any atom is -0.322 e. The summed E-state index contributed by atoms with van der Waals surface area (Å²) in [6.07, 6.45) is 3.21. The van der Waals surface area contributed by atoms with Crippen LogP contribution in [0.5, 0.6) is 0 Å². The number of rotatable bonds is 2. The fourth-order valence-corrected chi connectivity index (χ4v) is 1.79. The molecule has 0 aliphatic carbocycles. The number of carbonyl (C=O) groups excluding carboxylic acids is 1. The van der Waals surface area contributed by atoms with Crippen molar-refractivity contribution >= 4 is 24.0 Å². The number of aromatic nitrogens is 1. The second kappa shape index (κ2) is 6.34. The van der Waals surface area contributed by atoms with Crippen LogP contribution in [0.3, 0.4) is 0 Å². The molecule has 1 N–H and O–H groups in total. The third kappa shape index (κ3) is 3.55. The predicted molar refractivity (Wildman–Crippen MR) is 80.1 cm³/mol. The van der Waals surface area contributed by atoms with E-state index in [1.165, 1.54) is 11.1 Å². The van der Waals surface area contributed by atoms with Crippen LogP contribution in [0.15, 0.2) is 36.7 Å². The van der Waals surface area contributed by atoms with E-state index in [0.29, 0.717) is 5.56 Å². The molecule has 0 spiro atoms. The van der Waals surface area contributed by atoms with Crippen LogP contribution in [0, 0.1) is 20.8 Å². The lowest BCUT2D eigenvalue weighted by Crippen LogP contribution is -2.13. The van der Waals surface area contributed by atoms with Gasteiger partial charge in [-0.15, -0.1) is 12.4 Å². The van der Waals surface area contributed by atoms with Crippen molar-refractivity contribution in [2.24, 2.45) is 0 Å². The van der Waals surface area contributed by atoms with Crippen molar-refractivity contribution in [2.75, 3.05) is 5.32 Å². The molecular formula is C15H17ClN2O. The van der Waals surface area contributed by atoms with Crippen molar-refractivity contribution in [2.45, 2.75) is 20.8 Å². The third-order valence-corrected chi connectivity index (χ3v) is 3.01. The Kier molecular flexibility index (Phi) is 5.07. The van der Waals surface area contributed by atoms with Gasteiger partial charge in [0.1, 0.15) is 0 Å². The number of benzene rings is 1. The number of hydrogen-bond donors (Lipinski definition) is 1. The van der Waals surface area contributed by atoms with Gasteiger partial charge in [0.25, 0.3) is 5.91 Å². The van der Waals surface area contributed by atoms with Gasteiger partial charge in [0.2, 0.25) is 0 Å². The maximum Gasteiger partial charge on any atom is 0.257 e. The summed E-state index contributed by atoms with van der Waals surface area (Å²) in [6, 6.07) is 7.58. The van der Waals surface area contributed by atoms with Gasteiger partial charge < -0.3 is 5.32 Å². The highest BCUT2D eigenvalue weighted by Crippen LogP contribution is 2.20. The Bertz CT molecular complexity index is 582. The molecule has 0 saturated heterocycles. The van der Waals surface area contributed by atoms with E-state index in [-0.39, 0.29) is 18.3 Å². The van der Waals surface area contributed by atoms with E-state index in [1.54, 1.807) is 24.5 Å². The van der Waals surface area contributed by atoms with Crippen molar-refractivity contribution in [3.05, 3.63) is 58.9 Å². The van der Waals surface area contributed by atoms with Crippen LogP contribution >= 0.6 is 12.4 Å². The second-order valence-electron chi connectivity index (χ2n) is 4.45. The van der Waals surface area contributed by atoms with Crippen LogP contribution in [0.1, 0.15) is 27.0 Å². The maximum absolute atomic E-state index is 12.0. The summed E-state index contributed by atoms with van der Waals surface area (Å²) in [6.45, 7) is 6.09. The van der Waals surface area contributed by atoms with Crippen LogP contribution in [0.25, 0.3) is 0 Å². The van der Waals surface area contributed by atoms with E-state index < -0.39 is 0 Å². The molecule has 1 aromatic carbocycles. The normalized spacial score (nSPS) is 9.63. The van der Waals surface area contributed by atoms with Gasteiger partial charge in [-0.05, 0) is 55.7 Å². The summed E-state index contributed by atoms with van der Waals surface area (Å²) in [5, 5.41) is 2.92. The SMILES string of the molecule is Cc1cc(C)c(NC(=O)c2cccnc2)cc1C.Cl. The largest absolute Gasteiger partial charge is 0.322 e. The number of anilines is 1. The molecule has 0 bridgehead atoms. The van der Waals surface area contributed by atoms with Gasteiger partial charge in [-0.1, -0.05) is 6.07 Å². The Morgan fingerprint density at radius 1 is 1.11 bits per heavy atom. The Hall–Kier alpha value is -1.87. The van der Waals surface area contributed by atoms with Gasteiger partial charge in [-0.3, -0.25) is 9.78 Å². The fraction of sp³-hybridized carbons (Fsp3) is 0.200. The number of hydrogen-bond acceptors (Lipinski definition) is 2. The molecule has 0 fully saturated rings. The molecule has 100 valence electrons. The molecule has 0 radical (unpaired) electrons. The first-order chi connectivity index (χ1) is 8.58. The minimum absolute atomic E-state index is 0. The van der Waals surface area contributed by atoms with E-state index >= 15 is 0 Å². The summed E-state index contributed by atoms with van der Waals surface area (Å²) in [5.41, 5.74) is 4.88. The molecule has 3 nitrogen and oxygen atoms in total. The zero-order valence-corrected chi connectivity index (χ0v) is 12.0. The van der Waals surface area contributed by atoms with Crippen molar-refractivity contribution in [3.8, 4) is 0 Å². The van der Waals surface area contributed by atoms with Crippen LogP contribution in [0.2, 0.25) is 0 Å². The Morgan fingerprint density at radius 2 is 1.79 bits per heavy atom. The van der Waals surface area contributed by atoms with E-state index in [0.717, 1.165) is 11.3 Å². The van der Waals surface area contributed by atoms with Gasteiger partial charge in [0.05, 0.1) is 5.56 Å². The van der Waals surface area contributed by atoms with E-state index in [2.05, 4.69) is 23.3 Å². The molecule has 4 heteroatoms. The zero-order valence-electron chi connectivity index (χ0n) is 11.2. The molecule has 2 rings (SSSR count). The van der Waals surface area contributed by atoms with E-state index in [4.69, 9.17) is 0 Å². The Morgan fingerprint density at radius 3 is 2.42 bits per heavy atom. The second-order valence-corrected chi connectivity index (χ2v) is 4.45. The maximum atomic E-state index is 12.0. The molecule has 2 aromatic rings. The molecule has 1 heterocycles. The number of amides is 1. The lowest BCUT2D eigenvalue weighted by molar-refractivity contribution is 0.102. The number of halogens is 1. The lowest BCUT2D eigenvalue weighted by atomic mass is 10.0. The summed E-state index contributed by atoms with van der Waals surface area (Å²) in [5.74, 6) is -0.130. The predicted octanol–water partition coefficient (Wildman–Crippen LogP) is 3.68. The number of carbonyl (C=O) groups is 1. The van der Waals surface area contributed by atoms with Crippen molar-refractivity contribution in [1.29, 1.82) is 0 Å². The van der Waals surface area contributed by atoms with Crippen LogP contribution in [-0.2, 0) is 0 Å². The standard InChI is InChI=1S/C15H16N2O.ClH/c1-10-7-12(3)14(8-11(10)2)17-15(18)13-5-4-6-16-9-13;/h4-9H,1-3H3,(H,17,18);1H. The smallest absolute Gasteiger partial charge is 0.257 e. The first-order valence-electron chi connectivity index (χ1n) is 5.87. The molecule has 0 aliphatic rings. The van der Waals surface area contributed by atoms with Crippen LogP contribution in [-0.4, -0.2) is 10.9 Å². The summed E-state index contributed by atoms with van der Waals surface area (Å²) in [4.78, 5) is 16.0. The number of nitrogens with zero attached hydrogens (tertiary/aromatic N) is 1. The van der Waals surface area contributed by atoms with Crippen molar-refractivity contribution in [1.82, 2.24) is 4.98 Å². The molecule has 1 aromatic heterocycles. The Labute approximate surface area is 119 Å². The van der Waals surface area contributed by atoms with Gasteiger partial charge >= 0.3 is 0 Å². The molecule has 0 unspecified atom stereocenters. The highest BCUT2D eigenvalue weighted by atomic mass is 35.5. The number of pyridine rings is 1. The lowest BCUT2D eigenvalue weighted by Gasteiger charge is -2.11. The monoisotopic (exact) mass is 276 g/mol. The van der Waals surface area contributed by atoms with E-state index in [9.17, 15) is 4.79 Å². The summed E-state index contributed by atoms with van der Waals surface area (Å²) >= 11 is 0. The molecule has 1 amide bonds. The summed E-state index contributed by atoms with van der Waals surface area (Å²) < 4.78 is 0. The van der Waals surface area contributed by atoms with E-state index in [1.807, 2.05) is 19.9 Å². The number of nitrogens with one attached hydrogen (secondary N) is 1. The average Bonchev–Trinajstić information content (AvgIpc) is 2.37. The van der Waals surface area contributed by atoms with Gasteiger partial charge in [0, 0.05) is 18.1 Å². The quantitative estimate of drug-likeness (QED) is 0.909. The Balaban J connectivity index is 0.00000180. The first kappa shape index (κ1) is 15.2. The molecule has 0 saturated carbocycles. The molecule has 0 atom stereocenters. The average molecular weight is 277 g/mol. The molecular weight excluding hydrogens is 260 g/mol. The number of aryl methyl sites for hydroxylation is 3. The zero-order chi connectivity index (χ0) is 13.1. The highest BCUT2D eigenvalue weighted by molar-refractivity contribution is 6.04. The van der Waals surface area contributed by atoms with Crippen molar-refractivity contribution < 1.29 is 4.79 Å². The topological polar surface area (TPSA) is 42.0 Å². The van der Waals surface area contributed by atoms with Crippen LogP contribution < -0.4 is 5.32 Å². The summed E-state index contributed by atoms with van der Waals surface area (Å²) in [7, 11) is 0.